The molecule has 0 aromatic heterocycles. The highest BCUT2D eigenvalue weighted by atomic mass is 16.5. The molecule has 0 radical (unpaired) electrons. The number of nitrogens with one attached hydrogen (secondary N) is 1. The predicted molar refractivity (Wildman–Crippen MR) is 78.2 cm³/mol. The summed E-state index contributed by atoms with van der Waals surface area (Å²) in [5.41, 5.74) is 0.937. The van der Waals surface area contributed by atoms with Crippen LogP contribution < -0.4 is 10.1 Å². The van der Waals surface area contributed by atoms with Crippen LogP contribution in [0.2, 0.25) is 0 Å². The lowest BCUT2D eigenvalue weighted by atomic mass is 9.92. The normalized spacial score (nSPS) is 16.5. The average molecular weight is 291 g/mol. The maximum Gasteiger partial charge on any atom is 0.305 e. The zero-order chi connectivity index (χ0) is 15.1. The van der Waals surface area contributed by atoms with E-state index < -0.39 is 0 Å². The van der Waals surface area contributed by atoms with Gasteiger partial charge in [0.2, 0.25) is 5.91 Å². The molecule has 1 N–H and O–H groups in total. The maximum absolute atomic E-state index is 12.2. The fourth-order valence-corrected chi connectivity index (χ4v) is 2.42. The lowest BCUT2D eigenvalue weighted by Crippen LogP contribution is -2.33. The second kappa shape index (κ2) is 7.67. The van der Waals surface area contributed by atoms with Gasteiger partial charge >= 0.3 is 5.97 Å². The van der Waals surface area contributed by atoms with E-state index in [1.807, 2.05) is 24.3 Å². The van der Waals surface area contributed by atoms with Gasteiger partial charge in [-0.2, -0.15) is 0 Å². The Hall–Kier alpha value is -2.04. The van der Waals surface area contributed by atoms with E-state index in [1.165, 1.54) is 0 Å². The highest BCUT2D eigenvalue weighted by molar-refractivity contribution is 5.84. The van der Waals surface area contributed by atoms with Crippen LogP contribution in [0.4, 0.5) is 0 Å². The summed E-state index contributed by atoms with van der Waals surface area (Å²) >= 11 is 0. The van der Waals surface area contributed by atoms with Crippen LogP contribution in [0.1, 0.15) is 37.7 Å². The number of para-hydroxylation sites is 1. The summed E-state index contributed by atoms with van der Waals surface area (Å²) in [7, 11) is 0. The second-order valence-electron chi connectivity index (χ2n) is 4.93. The van der Waals surface area contributed by atoms with Gasteiger partial charge in [0.15, 0.2) is 0 Å². The van der Waals surface area contributed by atoms with Gasteiger partial charge in [0, 0.05) is 18.5 Å². The van der Waals surface area contributed by atoms with Crippen LogP contribution >= 0.6 is 0 Å². The minimum atomic E-state index is -0.219. The number of hydrogen-bond donors (Lipinski definition) is 1. The third-order valence-corrected chi connectivity index (χ3v) is 3.44. The van der Waals surface area contributed by atoms with Crippen LogP contribution in [0.15, 0.2) is 24.3 Å². The summed E-state index contributed by atoms with van der Waals surface area (Å²) in [5, 5.41) is 2.89. The molecule has 1 aliphatic rings. The third-order valence-electron chi connectivity index (χ3n) is 3.44. The van der Waals surface area contributed by atoms with Crippen LogP contribution in [0.25, 0.3) is 0 Å². The van der Waals surface area contributed by atoms with Crippen LogP contribution in [-0.2, 0) is 14.3 Å². The molecule has 0 bridgehead atoms. The van der Waals surface area contributed by atoms with E-state index in [0.717, 1.165) is 11.3 Å². The second-order valence-corrected chi connectivity index (χ2v) is 4.93. The van der Waals surface area contributed by atoms with Gasteiger partial charge in [-0.05, 0) is 25.8 Å². The molecule has 1 amide bonds. The van der Waals surface area contributed by atoms with E-state index in [4.69, 9.17) is 9.47 Å². The van der Waals surface area contributed by atoms with E-state index in [9.17, 15) is 9.59 Å². The summed E-state index contributed by atoms with van der Waals surface area (Å²) < 4.78 is 10.4. The first kappa shape index (κ1) is 15.4. The summed E-state index contributed by atoms with van der Waals surface area (Å²) in [6.07, 6.45) is 1.61. The Bertz CT molecular complexity index is 501. The predicted octanol–water partition coefficient (Wildman–Crippen LogP) is 2.01. The quantitative estimate of drug-likeness (QED) is 0.643. The number of rotatable bonds is 6. The Morgan fingerprint density at radius 3 is 3.00 bits per heavy atom. The van der Waals surface area contributed by atoms with Crippen molar-refractivity contribution in [2.45, 2.75) is 32.1 Å². The van der Waals surface area contributed by atoms with Crippen LogP contribution in [0.3, 0.4) is 0 Å². The zero-order valence-electron chi connectivity index (χ0n) is 12.3. The summed E-state index contributed by atoms with van der Waals surface area (Å²) in [4.78, 5) is 23.4. The minimum Gasteiger partial charge on any atom is -0.493 e. The Kier molecular flexibility index (Phi) is 5.60. The molecule has 0 spiro atoms. The van der Waals surface area contributed by atoms with Crippen molar-refractivity contribution in [3.63, 3.8) is 0 Å². The molecule has 1 aromatic carbocycles. The SMILES string of the molecule is CCOC(=O)CCCNC(=O)C1CCOc2ccccc21. The number of fused-ring (bicyclic) bond motifs is 1. The van der Waals surface area contributed by atoms with Gasteiger partial charge in [-0.15, -0.1) is 0 Å². The van der Waals surface area contributed by atoms with Gasteiger partial charge in [0.05, 0.1) is 19.1 Å². The van der Waals surface area contributed by atoms with Crippen molar-refractivity contribution >= 4 is 11.9 Å². The first-order valence-electron chi connectivity index (χ1n) is 7.37. The Labute approximate surface area is 124 Å². The molecule has 1 heterocycles. The monoisotopic (exact) mass is 291 g/mol. The summed E-state index contributed by atoms with van der Waals surface area (Å²) in [6, 6.07) is 7.62. The van der Waals surface area contributed by atoms with E-state index in [0.29, 0.717) is 39.0 Å². The van der Waals surface area contributed by atoms with Gasteiger partial charge in [-0.1, -0.05) is 18.2 Å². The molecule has 5 heteroatoms. The van der Waals surface area contributed by atoms with Crippen molar-refractivity contribution in [1.82, 2.24) is 5.32 Å². The van der Waals surface area contributed by atoms with Gasteiger partial charge < -0.3 is 14.8 Å². The number of carbonyl (C=O) groups excluding carboxylic acids is 2. The highest BCUT2D eigenvalue weighted by Crippen LogP contribution is 2.33. The van der Waals surface area contributed by atoms with E-state index in [-0.39, 0.29) is 17.8 Å². The van der Waals surface area contributed by atoms with E-state index in [1.54, 1.807) is 6.92 Å². The first-order valence-corrected chi connectivity index (χ1v) is 7.37. The molecule has 0 aliphatic carbocycles. The Morgan fingerprint density at radius 1 is 1.38 bits per heavy atom. The zero-order valence-corrected chi connectivity index (χ0v) is 12.3. The highest BCUT2D eigenvalue weighted by Gasteiger charge is 2.26. The lowest BCUT2D eigenvalue weighted by Gasteiger charge is -2.25. The van der Waals surface area contributed by atoms with E-state index in [2.05, 4.69) is 5.32 Å². The molecule has 1 unspecified atom stereocenters. The number of hydrogen-bond acceptors (Lipinski definition) is 4. The molecular formula is C16H21NO4. The average Bonchev–Trinajstić information content (AvgIpc) is 2.51. The number of benzene rings is 1. The molecule has 114 valence electrons. The number of carbonyl (C=O) groups is 2. The van der Waals surface area contributed by atoms with Crippen molar-refractivity contribution < 1.29 is 19.1 Å². The Morgan fingerprint density at radius 2 is 2.19 bits per heavy atom. The Balaban J connectivity index is 1.81. The number of amides is 1. The van der Waals surface area contributed by atoms with Crippen molar-refractivity contribution in [3.05, 3.63) is 29.8 Å². The molecule has 2 rings (SSSR count). The van der Waals surface area contributed by atoms with Crippen LogP contribution in [-0.4, -0.2) is 31.6 Å². The minimum absolute atomic E-state index is 0.00499. The van der Waals surface area contributed by atoms with E-state index >= 15 is 0 Å². The first-order chi connectivity index (χ1) is 10.2. The fraction of sp³-hybridized carbons (Fsp3) is 0.500. The third kappa shape index (κ3) is 4.21. The molecule has 0 fully saturated rings. The van der Waals surface area contributed by atoms with Gasteiger partial charge in [-0.3, -0.25) is 9.59 Å². The van der Waals surface area contributed by atoms with Crippen molar-refractivity contribution in [2.75, 3.05) is 19.8 Å². The molecule has 0 saturated heterocycles. The largest absolute Gasteiger partial charge is 0.493 e. The van der Waals surface area contributed by atoms with Crippen LogP contribution in [0.5, 0.6) is 5.75 Å². The molecule has 1 aliphatic heterocycles. The standard InChI is InChI=1S/C16H21NO4/c1-2-20-15(18)8-5-10-17-16(19)13-9-11-21-14-7-4-3-6-12(13)14/h3-4,6-7,13H,2,5,8-11H2,1H3,(H,17,19). The maximum atomic E-state index is 12.2. The summed E-state index contributed by atoms with van der Waals surface area (Å²) in [5.74, 6) is 0.394. The molecule has 21 heavy (non-hydrogen) atoms. The summed E-state index contributed by atoms with van der Waals surface area (Å²) in [6.45, 7) is 3.21. The topological polar surface area (TPSA) is 64.6 Å². The lowest BCUT2D eigenvalue weighted by molar-refractivity contribution is -0.143. The molecule has 0 saturated carbocycles. The van der Waals surface area contributed by atoms with Gasteiger partial charge in [-0.25, -0.2) is 0 Å². The van der Waals surface area contributed by atoms with Crippen LogP contribution in [0, 0.1) is 0 Å². The van der Waals surface area contributed by atoms with Crippen molar-refractivity contribution in [1.29, 1.82) is 0 Å². The van der Waals surface area contributed by atoms with Gasteiger partial charge in [0.25, 0.3) is 0 Å². The fourth-order valence-electron chi connectivity index (χ4n) is 2.42. The van der Waals surface area contributed by atoms with Crippen molar-refractivity contribution in [2.24, 2.45) is 0 Å². The molecule has 1 aromatic rings. The smallest absolute Gasteiger partial charge is 0.305 e. The number of ether oxygens (including phenoxy) is 2. The molecule has 1 atom stereocenters. The number of esters is 1. The van der Waals surface area contributed by atoms with Gasteiger partial charge in [0.1, 0.15) is 5.75 Å². The molecular weight excluding hydrogens is 270 g/mol. The molecule has 5 nitrogen and oxygen atoms in total. The van der Waals surface area contributed by atoms with Crippen molar-refractivity contribution in [3.8, 4) is 5.75 Å².